The third-order valence-corrected chi connectivity index (χ3v) is 6.63. The van der Waals surface area contributed by atoms with Crippen molar-refractivity contribution >= 4 is 47.2 Å². The standard InChI is InChI=1S/C14H17ClN2O3S2/c1-14(21-3-4-22-14)7-12(18)17-16-8-9-5-10(15)13(19)11(6-9)20-2/h5-6,8,19H,3-4,7H2,1-2H3,(H,17,18)/b16-8-. The average Bonchev–Trinajstić information content (AvgIpc) is 2.88. The van der Waals surface area contributed by atoms with Crippen LogP contribution >= 0.6 is 35.1 Å². The molecule has 5 nitrogen and oxygen atoms in total. The SMILES string of the molecule is COc1cc(/C=N\NC(=O)CC2(C)SCCS2)cc(Cl)c1O. The Hall–Kier alpha value is -1.05. The number of rotatable bonds is 5. The normalized spacial score (nSPS) is 16.9. The fraction of sp³-hybridized carbons (Fsp3) is 0.429. The number of aromatic hydroxyl groups is 1. The topological polar surface area (TPSA) is 70.9 Å². The van der Waals surface area contributed by atoms with Crippen LogP contribution in [0.4, 0.5) is 0 Å². The van der Waals surface area contributed by atoms with Gasteiger partial charge in [-0.1, -0.05) is 11.6 Å². The number of halogens is 1. The van der Waals surface area contributed by atoms with Crippen LogP contribution in [0.5, 0.6) is 11.5 Å². The van der Waals surface area contributed by atoms with Crippen molar-refractivity contribution < 1.29 is 14.6 Å². The Labute approximate surface area is 142 Å². The minimum absolute atomic E-state index is 0.0648. The second-order valence-electron chi connectivity index (χ2n) is 4.85. The van der Waals surface area contributed by atoms with Crippen molar-refractivity contribution in [1.29, 1.82) is 0 Å². The first-order chi connectivity index (χ1) is 10.4. The van der Waals surface area contributed by atoms with Gasteiger partial charge in [-0.25, -0.2) is 5.43 Å². The van der Waals surface area contributed by atoms with Crippen molar-refractivity contribution in [2.45, 2.75) is 17.4 Å². The smallest absolute Gasteiger partial charge is 0.242 e. The van der Waals surface area contributed by atoms with Crippen LogP contribution in [0.15, 0.2) is 17.2 Å². The monoisotopic (exact) mass is 360 g/mol. The number of amides is 1. The van der Waals surface area contributed by atoms with Gasteiger partial charge >= 0.3 is 0 Å². The first-order valence-corrected chi connectivity index (χ1v) is 8.95. The number of carbonyl (C=O) groups is 1. The lowest BCUT2D eigenvalue weighted by atomic mass is 10.2. The highest BCUT2D eigenvalue weighted by molar-refractivity contribution is 8.21. The first-order valence-electron chi connectivity index (χ1n) is 6.60. The molecule has 0 aliphatic carbocycles. The molecule has 22 heavy (non-hydrogen) atoms. The van der Waals surface area contributed by atoms with E-state index >= 15 is 0 Å². The van der Waals surface area contributed by atoms with E-state index in [-0.39, 0.29) is 26.5 Å². The lowest BCUT2D eigenvalue weighted by Crippen LogP contribution is -2.26. The molecule has 1 fully saturated rings. The zero-order chi connectivity index (χ0) is 16.2. The molecule has 1 heterocycles. The van der Waals surface area contributed by atoms with Gasteiger partial charge in [0.05, 0.1) is 28.8 Å². The molecule has 0 saturated carbocycles. The lowest BCUT2D eigenvalue weighted by Gasteiger charge is -2.19. The molecule has 0 aromatic heterocycles. The Morgan fingerprint density at radius 2 is 2.23 bits per heavy atom. The molecule has 1 aromatic carbocycles. The Morgan fingerprint density at radius 1 is 1.55 bits per heavy atom. The zero-order valence-corrected chi connectivity index (χ0v) is 14.6. The van der Waals surface area contributed by atoms with Crippen LogP contribution in [-0.4, -0.2) is 39.9 Å². The maximum absolute atomic E-state index is 11.9. The molecule has 1 aliphatic heterocycles. The summed E-state index contributed by atoms with van der Waals surface area (Å²) in [5.74, 6) is 2.16. The van der Waals surface area contributed by atoms with E-state index in [9.17, 15) is 9.90 Å². The van der Waals surface area contributed by atoms with Crippen LogP contribution in [-0.2, 0) is 4.79 Å². The van der Waals surface area contributed by atoms with Crippen LogP contribution in [0, 0.1) is 0 Å². The number of hydrazone groups is 1. The van der Waals surface area contributed by atoms with Gasteiger partial charge in [0, 0.05) is 11.5 Å². The van der Waals surface area contributed by atoms with E-state index < -0.39 is 0 Å². The Balaban J connectivity index is 1.95. The molecule has 1 aromatic rings. The zero-order valence-electron chi connectivity index (χ0n) is 12.3. The van der Waals surface area contributed by atoms with Gasteiger partial charge in [0.15, 0.2) is 11.5 Å². The Kier molecular flexibility index (Phi) is 5.88. The summed E-state index contributed by atoms with van der Waals surface area (Å²) in [6, 6.07) is 3.12. The molecule has 1 saturated heterocycles. The quantitative estimate of drug-likeness (QED) is 0.623. The molecule has 120 valence electrons. The summed E-state index contributed by atoms with van der Waals surface area (Å²) in [6.07, 6.45) is 1.88. The van der Waals surface area contributed by atoms with Crippen molar-refractivity contribution in [3.8, 4) is 11.5 Å². The van der Waals surface area contributed by atoms with E-state index in [2.05, 4.69) is 17.5 Å². The molecule has 2 N–H and O–H groups in total. The van der Waals surface area contributed by atoms with E-state index in [1.54, 1.807) is 35.7 Å². The summed E-state index contributed by atoms with van der Waals surface area (Å²) in [5, 5.41) is 13.7. The average molecular weight is 361 g/mol. The number of benzene rings is 1. The minimum Gasteiger partial charge on any atom is -0.503 e. The number of hydrogen-bond donors (Lipinski definition) is 2. The van der Waals surface area contributed by atoms with Gasteiger partial charge in [-0.05, 0) is 24.6 Å². The fourth-order valence-electron chi connectivity index (χ4n) is 1.99. The summed E-state index contributed by atoms with van der Waals surface area (Å²) in [5.41, 5.74) is 3.13. The van der Waals surface area contributed by atoms with Gasteiger partial charge in [-0.2, -0.15) is 5.10 Å². The largest absolute Gasteiger partial charge is 0.503 e. The van der Waals surface area contributed by atoms with E-state index in [0.29, 0.717) is 12.0 Å². The number of hydrogen-bond acceptors (Lipinski definition) is 6. The molecule has 0 bridgehead atoms. The second kappa shape index (κ2) is 7.48. The van der Waals surface area contributed by atoms with Crippen molar-refractivity contribution in [3.05, 3.63) is 22.7 Å². The predicted octanol–water partition coefficient (Wildman–Crippen LogP) is 3.09. The molecule has 0 atom stereocenters. The molecular formula is C14H17ClN2O3S2. The number of phenols is 1. The predicted molar refractivity (Wildman–Crippen MR) is 93.3 cm³/mol. The van der Waals surface area contributed by atoms with Crippen LogP contribution in [0.25, 0.3) is 0 Å². The lowest BCUT2D eigenvalue weighted by molar-refractivity contribution is -0.121. The van der Waals surface area contributed by atoms with Crippen molar-refractivity contribution in [1.82, 2.24) is 5.43 Å². The van der Waals surface area contributed by atoms with Crippen molar-refractivity contribution in [3.63, 3.8) is 0 Å². The van der Waals surface area contributed by atoms with Gasteiger partial charge in [-0.3, -0.25) is 4.79 Å². The number of thioether (sulfide) groups is 2. The second-order valence-corrected chi connectivity index (χ2v) is 8.72. The molecular weight excluding hydrogens is 344 g/mol. The molecule has 0 unspecified atom stereocenters. The molecule has 8 heteroatoms. The molecule has 0 spiro atoms. The summed E-state index contributed by atoms with van der Waals surface area (Å²) in [7, 11) is 1.44. The maximum atomic E-state index is 11.9. The molecule has 2 rings (SSSR count). The van der Waals surface area contributed by atoms with Crippen LogP contribution in [0.1, 0.15) is 18.9 Å². The molecule has 1 aliphatic rings. The Bertz CT molecular complexity index is 590. The molecule has 0 radical (unpaired) electrons. The summed E-state index contributed by atoms with van der Waals surface area (Å²) >= 11 is 9.49. The van der Waals surface area contributed by atoms with Crippen LogP contribution < -0.4 is 10.2 Å². The van der Waals surface area contributed by atoms with Gasteiger partial charge in [0.1, 0.15) is 0 Å². The molecule has 1 amide bonds. The minimum atomic E-state index is -0.127. The number of nitrogens with one attached hydrogen (secondary N) is 1. The summed E-state index contributed by atoms with van der Waals surface area (Å²) in [4.78, 5) is 11.9. The van der Waals surface area contributed by atoms with E-state index in [1.807, 2.05) is 0 Å². The summed E-state index contributed by atoms with van der Waals surface area (Å²) < 4.78 is 4.94. The number of ether oxygens (including phenoxy) is 1. The van der Waals surface area contributed by atoms with E-state index in [4.69, 9.17) is 16.3 Å². The first kappa shape index (κ1) is 17.3. The van der Waals surface area contributed by atoms with Gasteiger partial charge in [0.25, 0.3) is 0 Å². The van der Waals surface area contributed by atoms with E-state index in [1.165, 1.54) is 13.3 Å². The third kappa shape index (κ3) is 4.47. The van der Waals surface area contributed by atoms with Crippen LogP contribution in [0.3, 0.4) is 0 Å². The van der Waals surface area contributed by atoms with Gasteiger partial charge < -0.3 is 9.84 Å². The van der Waals surface area contributed by atoms with Gasteiger partial charge in [0.2, 0.25) is 5.91 Å². The Morgan fingerprint density at radius 3 is 2.86 bits per heavy atom. The highest BCUT2D eigenvalue weighted by Gasteiger charge is 2.32. The number of methoxy groups -OCH3 is 1. The highest BCUT2D eigenvalue weighted by atomic mass is 35.5. The van der Waals surface area contributed by atoms with E-state index in [0.717, 1.165) is 11.5 Å². The number of nitrogens with zero attached hydrogens (tertiary/aromatic N) is 1. The maximum Gasteiger partial charge on any atom is 0.242 e. The van der Waals surface area contributed by atoms with Gasteiger partial charge in [-0.15, -0.1) is 23.5 Å². The van der Waals surface area contributed by atoms with Crippen LogP contribution in [0.2, 0.25) is 5.02 Å². The highest BCUT2D eigenvalue weighted by Crippen LogP contribution is 2.45. The number of phenolic OH excluding ortho intramolecular Hbond substituents is 1. The number of carbonyl (C=O) groups excluding carboxylic acids is 1. The van der Waals surface area contributed by atoms with Crippen molar-refractivity contribution in [2.24, 2.45) is 5.10 Å². The summed E-state index contributed by atoms with van der Waals surface area (Å²) in [6.45, 7) is 2.07. The van der Waals surface area contributed by atoms with Crippen molar-refractivity contribution in [2.75, 3.05) is 18.6 Å². The third-order valence-electron chi connectivity index (χ3n) is 3.05. The fourth-order valence-corrected chi connectivity index (χ4v) is 5.04.